The summed E-state index contributed by atoms with van der Waals surface area (Å²) in [5.74, 6) is 0.365. The molecule has 0 saturated heterocycles. The van der Waals surface area contributed by atoms with Crippen molar-refractivity contribution in [3.63, 3.8) is 0 Å². The minimum Gasteiger partial charge on any atom is -0.488 e. The van der Waals surface area contributed by atoms with Crippen LogP contribution >= 0.6 is 0 Å². The summed E-state index contributed by atoms with van der Waals surface area (Å²) >= 11 is 0. The number of para-hydroxylation sites is 1. The molecule has 1 aliphatic rings. The van der Waals surface area contributed by atoms with E-state index in [0.29, 0.717) is 22.6 Å². The number of benzene rings is 2. The SMILES string of the molecule is O=C1OC(c2ccco2)=N/C1=C\c1ccccc1OCc1cccc([N+](=O)[O-])c1. The summed E-state index contributed by atoms with van der Waals surface area (Å²) in [6.45, 7) is 0.132. The Morgan fingerprint density at radius 2 is 1.97 bits per heavy atom. The number of ether oxygens (including phenoxy) is 2. The number of nitro groups is 1. The van der Waals surface area contributed by atoms with Crippen LogP contribution in [0.3, 0.4) is 0 Å². The van der Waals surface area contributed by atoms with Crippen molar-refractivity contribution in [2.24, 2.45) is 4.99 Å². The quantitative estimate of drug-likeness (QED) is 0.271. The maximum atomic E-state index is 12.1. The minimum atomic E-state index is -0.593. The number of cyclic esters (lactones) is 1. The van der Waals surface area contributed by atoms with Crippen molar-refractivity contribution in [1.29, 1.82) is 0 Å². The van der Waals surface area contributed by atoms with Crippen molar-refractivity contribution in [3.8, 4) is 5.75 Å². The molecule has 0 aliphatic carbocycles. The summed E-state index contributed by atoms with van der Waals surface area (Å²) in [6.07, 6.45) is 3.02. The van der Waals surface area contributed by atoms with Crippen LogP contribution in [-0.2, 0) is 16.1 Å². The first-order valence-corrected chi connectivity index (χ1v) is 8.62. The van der Waals surface area contributed by atoms with Crippen molar-refractivity contribution >= 4 is 23.6 Å². The van der Waals surface area contributed by atoms with Crippen molar-refractivity contribution in [2.75, 3.05) is 0 Å². The van der Waals surface area contributed by atoms with Crippen LogP contribution in [0.4, 0.5) is 5.69 Å². The van der Waals surface area contributed by atoms with E-state index in [1.165, 1.54) is 18.4 Å². The maximum absolute atomic E-state index is 12.1. The zero-order chi connectivity index (χ0) is 20.2. The van der Waals surface area contributed by atoms with Gasteiger partial charge in [0.1, 0.15) is 12.4 Å². The Kier molecular flexibility index (Phi) is 4.90. The van der Waals surface area contributed by atoms with Gasteiger partial charge in [0, 0.05) is 17.7 Å². The summed E-state index contributed by atoms with van der Waals surface area (Å²) in [5.41, 5.74) is 1.38. The number of hydrogen-bond acceptors (Lipinski definition) is 7. The number of nitro benzene ring substituents is 1. The van der Waals surface area contributed by atoms with Crippen LogP contribution in [0.15, 0.2) is 82.0 Å². The van der Waals surface area contributed by atoms with E-state index < -0.39 is 10.9 Å². The molecule has 8 nitrogen and oxygen atoms in total. The van der Waals surface area contributed by atoms with E-state index in [1.807, 2.05) is 0 Å². The fourth-order valence-corrected chi connectivity index (χ4v) is 2.71. The summed E-state index contributed by atoms with van der Waals surface area (Å²) in [4.78, 5) is 26.8. The number of carbonyl (C=O) groups excluding carboxylic acids is 1. The molecule has 0 N–H and O–H groups in total. The third-order valence-corrected chi connectivity index (χ3v) is 4.08. The summed E-state index contributed by atoms with van der Waals surface area (Å²) in [7, 11) is 0. The first kappa shape index (κ1) is 18.2. The van der Waals surface area contributed by atoms with Crippen molar-refractivity contribution in [2.45, 2.75) is 6.61 Å². The highest BCUT2D eigenvalue weighted by Crippen LogP contribution is 2.26. The largest absolute Gasteiger partial charge is 0.488 e. The van der Waals surface area contributed by atoms with Gasteiger partial charge in [0.25, 0.3) is 11.6 Å². The average molecular weight is 390 g/mol. The molecule has 0 saturated carbocycles. The van der Waals surface area contributed by atoms with Crippen molar-refractivity contribution < 1.29 is 23.6 Å². The zero-order valence-corrected chi connectivity index (χ0v) is 15.0. The Morgan fingerprint density at radius 1 is 1.10 bits per heavy atom. The zero-order valence-electron chi connectivity index (χ0n) is 15.0. The molecule has 8 heteroatoms. The first-order valence-electron chi connectivity index (χ1n) is 8.62. The lowest BCUT2D eigenvalue weighted by atomic mass is 10.1. The second kappa shape index (κ2) is 7.81. The van der Waals surface area contributed by atoms with Crippen LogP contribution in [-0.4, -0.2) is 16.8 Å². The molecule has 144 valence electrons. The Hall–Kier alpha value is -4.20. The van der Waals surface area contributed by atoms with Crippen LogP contribution in [0.1, 0.15) is 16.9 Å². The normalized spacial score (nSPS) is 14.6. The molecule has 29 heavy (non-hydrogen) atoms. The van der Waals surface area contributed by atoms with E-state index in [1.54, 1.807) is 54.6 Å². The molecule has 0 spiro atoms. The van der Waals surface area contributed by atoms with E-state index >= 15 is 0 Å². The highest BCUT2D eigenvalue weighted by molar-refractivity contribution is 6.11. The molecule has 1 aliphatic heterocycles. The first-order chi connectivity index (χ1) is 14.1. The van der Waals surface area contributed by atoms with Crippen molar-refractivity contribution in [3.05, 3.63) is 99.6 Å². The van der Waals surface area contributed by atoms with Gasteiger partial charge in [-0.25, -0.2) is 9.79 Å². The van der Waals surface area contributed by atoms with E-state index in [9.17, 15) is 14.9 Å². The molecule has 0 radical (unpaired) electrons. The molecule has 0 bridgehead atoms. The third-order valence-electron chi connectivity index (χ3n) is 4.08. The van der Waals surface area contributed by atoms with Gasteiger partial charge >= 0.3 is 5.97 Å². The van der Waals surface area contributed by atoms with Gasteiger partial charge in [-0.1, -0.05) is 30.3 Å². The van der Waals surface area contributed by atoms with E-state index in [-0.39, 0.29) is 23.9 Å². The average Bonchev–Trinajstić information content (AvgIpc) is 3.38. The number of aliphatic imine (C=N–C) groups is 1. The van der Waals surface area contributed by atoms with E-state index in [2.05, 4.69) is 4.99 Å². The summed E-state index contributed by atoms with van der Waals surface area (Å²) < 4.78 is 16.2. The molecular weight excluding hydrogens is 376 g/mol. The molecule has 4 rings (SSSR count). The number of hydrogen-bond donors (Lipinski definition) is 0. The lowest BCUT2D eigenvalue weighted by molar-refractivity contribution is -0.384. The summed E-state index contributed by atoms with van der Waals surface area (Å²) in [6, 6.07) is 16.6. The number of rotatable bonds is 6. The number of carbonyl (C=O) groups is 1. The smallest absolute Gasteiger partial charge is 0.363 e. The Balaban J connectivity index is 1.56. The van der Waals surface area contributed by atoms with Crippen LogP contribution in [0.2, 0.25) is 0 Å². The van der Waals surface area contributed by atoms with Gasteiger partial charge < -0.3 is 13.9 Å². The highest BCUT2D eigenvalue weighted by Gasteiger charge is 2.26. The molecule has 3 aromatic rings. The van der Waals surface area contributed by atoms with Gasteiger partial charge in [0.05, 0.1) is 11.2 Å². The topological polar surface area (TPSA) is 104 Å². The lowest BCUT2D eigenvalue weighted by Gasteiger charge is -2.09. The van der Waals surface area contributed by atoms with E-state index in [4.69, 9.17) is 13.9 Å². The fourth-order valence-electron chi connectivity index (χ4n) is 2.71. The third kappa shape index (κ3) is 4.06. The molecular formula is C21H14N2O6. The molecule has 1 aromatic heterocycles. The van der Waals surface area contributed by atoms with Crippen LogP contribution in [0.5, 0.6) is 5.75 Å². The molecule has 0 fully saturated rings. The number of non-ortho nitro benzene ring substituents is 1. The predicted molar refractivity (Wildman–Crippen MR) is 103 cm³/mol. The number of esters is 1. The van der Waals surface area contributed by atoms with E-state index in [0.717, 1.165) is 0 Å². The number of nitrogens with zero attached hydrogens (tertiary/aromatic N) is 2. The van der Waals surface area contributed by atoms with Gasteiger partial charge in [0.15, 0.2) is 11.5 Å². The molecule has 0 amide bonds. The second-order valence-corrected chi connectivity index (χ2v) is 6.07. The Labute approximate surface area is 164 Å². The predicted octanol–water partition coefficient (Wildman–Crippen LogP) is 4.11. The molecule has 0 unspecified atom stereocenters. The van der Waals surface area contributed by atoms with Gasteiger partial charge in [-0.05, 0) is 29.8 Å². The van der Waals surface area contributed by atoms with Crippen molar-refractivity contribution in [1.82, 2.24) is 0 Å². The molecule has 2 aromatic carbocycles. The standard InChI is InChI=1S/C21H14N2O6/c24-21-17(22-20(29-21)19-9-4-10-27-19)12-15-6-1-2-8-18(15)28-13-14-5-3-7-16(11-14)23(25)26/h1-12H,13H2/b17-12-. The van der Waals surface area contributed by atoms with Crippen LogP contribution < -0.4 is 4.74 Å². The number of furan rings is 1. The maximum Gasteiger partial charge on any atom is 0.363 e. The molecule has 2 heterocycles. The summed E-state index contributed by atoms with van der Waals surface area (Å²) in [5, 5.41) is 10.9. The minimum absolute atomic E-state index is 0.00463. The lowest BCUT2D eigenvalue weighted by Crippen LogP contribution is -2.04. The monoisotopic (exact) mass is 390 g/mol. The second-order valence-electron chi connectivity index (χ2n) is 6.07. The Bertz CT molecular complexity index is 1130. The fraction of sp³-hybridized carbons (Fsp3) is 0.0476. The Morgan fingerprint density at radius 3 is 2.76 bits per heavy atom. The van der Waals surface area contributed by atoms with Gasteiger partial charge in [-0.3, -0.25) is 10.1 Å². The van der Waals surface area contributed by atoms with Gasteiger partial charge in [-0.2, -0.15) is 0 Å². The van der Waals surface area contributed by atoms with Crippen LogP contribution in [0, 0.1) is 10.1 Å². The van der Waals surface area contributed by atoms with Crippen LogP contribution in [0.25, 0.3) is 6.08 Å². The van der Waals surface area contributed by atoms with Gasteiger partial charge in [0.2, 0.25) is 0 Å². The highest BCUT2D eigenvalue weighted by atomic mass is 16.6. The molecule has 0 atom stereocenters. The van der Waals surface area contributed by atoms with Gasteiger partial charge in [-0.15, -0.1) is 0 Å².